The molecule has 1 aliphatic heterocycles. The fraction of sp³-hybridized carbons (Fsp3) is 0.333. The van der Waals surface area contributed by atoms with Crippen molar-refractivity contribution in [2.24, 2.45) is 0 Å². The summed E-state index contributed by atoms with van der Waals surface area (Å²) in [7, 11) is 0. The summed E-state index contributed by atoms with van der Waals surface area (Å²) in [5.41, 5.74) is 3.66. The Bertz CT molecular complexity index is 753. The van der Waals surface area contributed by atoms with Crippen LogP contribution >= 0.6 is 0 Å². The number of hydrogen-bond acceptors (Lipinski definition) is 3. The first-order chi connectivity index (χ1) is 12.0. The number of aromatic nitrogens is 1. The van der Waals surface area contributed by atoms with Crippen LogP contribution in [0.1, 0.15) is 30.5 Å². The number of rotatable bonds is 5. The number of carbonyl (C=O) groups excluding carboxylic acids is 1. The number of benzene rings is 1. The maximum atomic E-state index is 12.1. The fourth-order valence-corrected chi connectivity index (χ4v) is 3.13. The largest absolute Gasteiger partial charge is 0.351 e. The molecule has 0 fully saturated rings. The lowest BCUT2D eigenvalue weighted by Crippen LogP contribution is -2.53. The quantitative estimate of drug-likeness (QED) is 0.854. The summed E-state index contributed by atoms with van der Waals surface area (Å²) in [4.78, 5) is 18.6. The highest BCUT2D eigenvalue weighted by Crippen LogP contribution is 2.24. The summed E-state index contributed by atoms with van der Waals surface area (Å²) >= 11 is 0. The van der Waals surface area contributed by atoms with E-state index in [1.807, 2.05) is 12.1 Å². The highest BCUT2D eigenvalue weighted by atomic mass is 16.1. The molecule has 0 saturated carbocycles. The maximum Gasteiger partial charge on any atom is 0.244 e. The first-order valence-corrected chi connectivity index (χ1v) is 8.72. The molecule has 0 aliphatic carbocycles. The van der Waals surface area contributed by atoms with Gasteiger partial charge in [0.1, 0.15) is 0 Å². The van der Waals surface area contributed by atoms with Crippen LogP contribution in [0.4, 0.5) is 0 Å². The van der Waals surface area contributed by atoms with Crippen LogP contribution in [0.25, 0.3) is 6.08 Å². The number of pyridine rings is 1. The molecule has 1 aromatic heterocycles. The monoisotopic (exact) mass is 335 g/mol. The van der Waals surface area contributed by atoms with E-state index in [1.165, 1.54) is 11.1 Å². The molecule has 25 heavy (non-hydrogen) atoms. The molecule has 1 aliphatic rings. The molecule has 1 aromatic carbocycles. The Kier molecular flexibility index (Phi) is 5.29. The number of nitrogens with zero attached hydrogens (tertiary/aromatic N) is 2. The van der Waals surface area contributed by atoms with E-state index in [0.717, 1.165) is 25.1 Å². The summed E-state index contributed by atoms with van der Waals surface area (Å²) < 4.78 is 0. The van der Waals surface area contributed by atoms with Gasteiger partial charge in [-0.15, -0.1) is 0 Å². The second-order valence-electron chi connectivity index (χ2n) is 7.09. The zero-order valence-corrected chi connectivity index (χ0v) is 14.9. The van der Waals surface area contributed by atoms with E-state index in [1.54, 1.807) is 24.5 Å². The van der Waals surface area contributed by atoms with Crippen LogP contribution in [0.3, 0.4) is 0 Å². The van der Waals surface area contributed by atoms with Gasteiger partial charge in [-0.05, 0) is 49.1 Å². The molecule has 0 spiro atoms. The Morgan fingerprint density at radius 1 is 1.24 bits per heavy atom. The van der Waals surface area contributed by atoms with E-state index >= 15 is 0 Å². The van der Waals surface area contributed by atoms with Gasteiger partial charge >= 0.3 is 0 Å². The van der Waals surface area contributed by atoms with Gasteiger partial charge in [-0.2, -0.15) is 0 Å². The van der Waals surface area contributed by atoms with Crippen molar-refractivity contribution in [2.45, 2.75) is 32.4 Å². The third-order valence-electron chi connectivity index (χ3n) is 4.79. The molecule has 1 amide bonds. The lowest BCUT2D eigenvalue weighted by Gasteiger charge is -2.41. The molecule has 0 atom stereocenters. The lowest BCUT2D eigenvalue weighted by molar-refractivity contribution is -0.117. The SMILES string of the molecule is CC(C)(CNC(=O)/C=C/c1cccnc1)N1CCc2ccccc2C1. The van der Waals surface area contributed by atoms with E-state index in [4.69, 9.17) is 0 Å². The molecule has 0 saturated heterocycles. The molecule has 1 N–H and O–H groups in total. The number of hydrogen-bond donors (Lipinski definition) is 1. The van der Waals surface area contributed by atoms with Crippen molar-refractivity contribution in [1.82, 2.24) is 15.2 Å². The Balaban J connectivity index is 1.55. The van der Waals surface area contributed by atoms with Crippen LogP contribution < -0.4 is 5.32 Å². The van der Waals surface area contributed by atoms with Gasteiger partial charge in [0, 0.05) is 43.6 Å². The molecule has 2 heterocycles. The fourth-order valence-electron chi connectivity index (χ4n) is 3.13. The molecule has 4 heteroatoms. The van der Waals surface area contributed by atoms with Crippen LogP contribution in [-0.2, 0) is 17.8 Å². The Morgan fingerprint density at radius 3 is 2.80 bits per heavy atom. The van der Waals surface area contributed by atoms with Crippen molar-refractivity contribution in [2.75, 3.05) is 13.1 Å². The average Bonchev–Trinajstić information content (AvgIpc) is 2.65. The summed E-state index contributed by atoms with van der Waals surface area (Å²) in [6.45, 7) is 6.94. The number of carbonyl (C=O) groups is 1. The van der Waals surface area contributed by atoms with Gasteiger partial charge in [0.2, 0.25) is 5.91 Å². The van der Waals surface area contributed by atoms with Gasteiger partial charge in [-0.3, -0.25) is 14.7 Å². The van der Waals surface area contributed by atoms with Gasteiger partial charge in [0.25, 0.3) is 0 Å². The van der Waals surface area contributed by atoms with E-state index in [2.05, 4.69) is 53.3 Å². The average molecular weight is 335 g/mol. The topological polar surface area (TPSA) is 45.2 Å². The van der Waals surface area contributed by atoms with E-state index < -0.39 is 0 Å². The van der Waals surface area contributed by atoms with Gasteiger partial charge in [0.05, 0.1) is 0 Å². The second-order valence-corrected chi connectivity index (χ2v) is 7.09. The van der Waals surface area contributed by atoms with Gasteiger partial charge in [0.15, 0.2) is 0 Å². The Labute approximate surface area is 149 Å². The second kappa shape index (κ2) is 7.62. The van der Waals surface area contributed by atoms with Crippen LogP contribution in [-0.4, -0.2) is 34.4 Å². The first-order valence-electron chi connectivity index (χ1n) is 8.72. The molecular weight excluding hydrogens is 310 g/mol. The highest BCUT2D eigenvalue weighted by molar-refractivity contribution is 5.91. The molecule has 130 valence electrons. The summed E-state index contributed by atoms with van der Waals surface area (Å²) in [5.74, 6) is -0.0747. The Hall–Kier alpha value is -2.46. The van der Waals surface area contributed by atoms with Crippen LogP contribution in [0.15, 0.2) is 54.9 Å². The number of amides is 1. The minimum absolute atomic E-state index is 0.0747. The molecule has 0 radical (unpaired) electrons. The lowest BCUT2D eigenvalue weighted by atomic mass is 9.94. The first kappa shape index (κ1) is 17.4. The highest BCUT2D eigenvalue weighted by Gasteiger charge is 2.29. The van der Waals surface area contributed by atoms with Gasteiger partial charge < -0.3 is 5.32 Å². The zero-order chi connectivity index (χ0) is 17.7. The third-order valence-corrected chi connectivity index (χ3v) is 4.79. The summed E-state index contributed by atoms with van der Waals surface area (Å²) in [6, 6.07) is 12.4. The smallest absolute Gasteiger partial charge is 0.244 e. The molecule has 4 nitrogen and oxygen atoms in total. The van der Waals surface area contributed by atoms with Crippen LogP contribution in [0, 0.1) is 0 Å². The van der Waals surface area contributed by atoms with Crippen LogP contribution in [0.5, 0.6) is 0 Å². The van der Waals surface area contributed by atoms with Crippen molar-refractivity contribution in [3.63, 3.8) is 0 Å². The standard InChI is InChI=1S/C21H25N3O/c1-21(2,24-13-11-18-7-3-4-8-19(18)15-24)16-23-20(25)10-9-17-6-5-12-22-14-17/h3-10,12,14H,11,13,15-16H2,1-2H3,(H,23,25)/b10-9+. The van der Waals surface area contributed by atoms with Crippen molar-refractivity contribution in [3.05, 3.63) is 71.6 Å². The van der Waals surface area contributed by atoms with Crippen molar-refractivity contribution in [1.29, 1.82) is 0 Å². The minimum atomic E-state index is -0.0919. The molecule has 0 bridgehead atoms. The number of nitrogens with one attached hydrogen (secondary N) is 1. The minimum Gasteiger partial charge on any atom is -0.351 e. The summed E-state index contributed by atoms with van der Waals surface area (Å²) in [6.07, 6.45) is 7.87. The van der Waals surface area contributed by atoms with Crippen molar-refractivity contribution < 1.29 is 4.79 Å². The Morgan fingerprint density at radius 2 is 2.04 bits per heavy atom. The third kappa shape index (κ3) is 4.54. The van der Waals surface area contributed by atoms with E-state index in [-0.39, 0.29) is 11.4 Å². The molecular formula is C21H25N3O. The number of fused-ring (bicyclic) bond motifs is 1. The van der Waals surface area contributed by atoms with E-state index in [9.17, 15) is 4.79 Å². The maximum absolute atomic E-state index is 12.1. The summed E-state index contributed by atoms with van der Waals surface area (Å²) in [5, 5.41) is 3.03. The normalized spacial score (nSPS) is 15.1. The van der Waals surface area contributed by atoms with Gasteiger partial charge in [-0.25, -0.2) is 0 Å². The van der Waals surface area contributed by atoms with Crippen molar-refractivity contribution in [3.8, 4) is 0 Å². The van der Waals surface area contributed by atoms with Crippen LogP contribution in [0.2, 0.25) is 0 Å². The molecule has 2 aromatic rings. The zero-order valence-electron chi connectivity index (χ0n) is 14.9. The predicted octanol–water partition coefficient (Wildman–Crippen LogP) is 3.05. The predicted molar refractivity (Wildman–Crippen MR) is 101 cm³/mol. The van der Waals surface area contributed by atoms with Gasteiger partial charge in [-0.1, -0.05) is 30.3 Å². The molecule has 3 rings (SSSR count). The molecule has 0 unspecified atom stereocenters. The van der Waals surface area contributed by atoms with Crippen molar-refractivity contribution >= 4 is 12.0 Å². The van der Waals surface area contributed by atoms with E-state index in [0.29, 0.717) is 6.54 Å².